The van der Waals surface area contributed by atoms with Crippen LogP contribution < -0.4 is 10.6 Å². The maximum Gasteiger partial charge on any atom is 0.312 e. The molecule has 0 aromatic heterocycles. The van der Waals surface area contributed by atoms with Crippen LogP contribution in [0.3, 0.4) is 0 Å². The Hall–Kier alpha value is -2.10. The van der Waals surface area contributed by atoms with Crippen molar-refractivity contribution in [1.29, 1.82) is 5.26 Å². The third-order valence-electron chi connectivity index (χ3n) is 2.07. The van der Waals surface area contributed by atoms with Gasteiger partial charge in [0.05, 0.1) is 12.6 Å². The van der Waals surface area contributed by atoms with Gasteiger partial charge in [-0.05, 0) is 6.42 Å². The number of rotatable bonds is 1. The predicted octanol–water partition coefficient (Wildman–Crippen LogP) is -2.03. The molecule has 7 nitrogen and oxygen atoms in total. The molecule has 1 heterocycles. The fourth-order valence-electron chi connectivity index (χ4n) is 1.32. The molecule has 3 amide bonds. The Morgan fingerprint density at radius 3 is 3.00 bits per heavy atom. The molecule has 2 N–H and O–H groups in total. The van der Waals surface area contributed by atoms with E-state index in [1.54, 1.807) is 6.07 Å². The summed E-state index contributed by atoms with van der Waals surface area (Å²) in [6, 6.07) is 1.70. The van der Waals surface area contributed by atoms with Crippen molar-refractivity contribution < 1.29 is 14.4 Å². The molecule has 0 bridgehead atoms. The number of hydrogen-bond donors (Lipinski definition) is 2. The van der Waals surface area contributed by atoms with Gasteiger partial charge in [-0.25, -0.2) is 0 Å². The van der Waals surface area contributed by atoms with Gasteiger partial charge < -0.3 is 15.5 Å². The van der Waals surface area contributed by atoms with Crippen molar-refractivity contribution in [3.8, 4) is 6.07 Å². The molecule has 86 valence electrons. The first-order chi connectivity index (χ1) is 7.65. The summed E-state index contributed by atoms with van der Waals surface area (Å²) < 4.78 is 0. The van der Waals surface area contributed by atoms with Crippen LogP contribution in [0.15, 0.2) is 0 Å². The van der Waals surface area contributed by atoms with Gasteiger partial charge in [-0.3, -0.25) is 14.4 Å². The smallest absolute Gasteiger partial charge is 0.312 e. The first-order valence-electron chi connectivity index (χ1n) is 4.86. The zero-order valence-corrected chi connectivity index (χ0v) is 8.65. The maximum atomic E-state index is 11.5. The van der Waals surface area contributed by atoms with Gasteiger partial charge in [0.1, 0.15) is 6.54 Å². The Balaban J connectivity index is 2.55. The van der Waals surface area contributed by atoms with E-state index in [1.807, 2.05) is 0 Å². The maximum absolute atomic E-state index is 11.5. The van der Waals surface area contributed by atoms with Gasteiger partial charge in [-0.15, -0.1) is 0 Å². The second-order valence-corrected chi connectivity index (χ2v) is 3.27. The van der Waals surface area contributed by atoms with Crippen molar-refractivity contribution in [3.05, 3.63) is 0 Å². The molecule has 7 heteroatoms. The monoisotopic (exact) mass is 224 g/mol. The zero-order valence-electron chi connectivity index (χ0n) is 8.65. The van der Waals surface area contributed by atoms with Gasteiger partial charge in [0.15, 0.2) is 0 Å². The van der Waals surface area contributed by atoms with Crippen LogP contribution in [0.25, 0.3) is 0 Å². The van der Waals surface area contributed by atoms with Gasteiger partial charge in [0.25, 0.3) is 0 Å². The molecule has 1 fully saturated rings. The van der Waals surface area contributed by atoms with Crippen LogP contribution in [-0.2, 0) is 14.4 Å². The first-order valence-corrected chi connectivity index (χ1v) is 4.86. The highest BCUT2D eigenvalue weighted by Crippen LogP contribution is 1.97. The lowest BCUT2D eigenvalue weighted by molar-refractivity contribution is -0.146. The molecule has 0 atom stereocenters. The van der Waals surface area contributed by atoms with E-state index in [9.17, 15) is 14.4 Å². The Kier molecular flexibility index (Phi) is 4.27. The topological polar surface area (TPSA) is 102 Å². The largest absolute Gasteiger partial charge is 0.354 e. The second-order valence-electron chi connectivity index (χ2n) is 3.27. The fourth-order valence-corrected chi connectivity index (χ4v) is 1.32. The minimum atomic E-state index is -0.851. The normalized spacial score (nSPS) is 15.7. The third-order valence-corrected chi connectivity index (χ3v) is 2.07. The van der Waals surface area contributed by atoms with Crippen LogP contribution in [0.2, 0.25) is 0 Å². The molecular formula is C9H12N4O3. The summed E-state index contributed by atoms with van der Waals surface area (Å²) in [5, 5.41) is 13.0. The third kappa shape index (κ3) is 3.24. The molecule has 1 aliphatic heterocycles. The number of amides is 3. The van der Waals surface area contributed by atoms with Crippen LogP contribution in [-0.4, -0.2) is 48.8 Å². The zero-order chi connectivity index (χ0) is 12.0. The quantitative estimate of drug-likeness (QED) is 0.396. The summed E-state index contributed by atoms with van der Waals surface area (Å²) in [5.74, 6) is -1.90. The van der Waals surface area contributed by atoms with E-state index < -0.39 is 11.8 Å². The molecule has 16 heavy (non-hydrogen) atoms. The average Bonchev–Trinajstić information content (AvgIpc) is 2.49. The molecule has 1 saturated heterocycles. The molecule has 0 unspecified atom stereocenters. The average molecular weight is 224 g/mol. The van der Waals surface area contributed by atoms with Gasteiger partial charge in [0, 0.05) is 13.1 Å². The van der Waals surface area contributed by atoms with Gasteiger partial charge >= 0.3 is 11.8 Å². The van der Waals surface area contributed by atoms with Gasteiger partial charge in [0.2, 0.25) is 5.91 Å². The molecule has 0 aromatic rings. The lowest BCUT2D eigenvalue weighted by atomic mass is 10.3. The van der Waals surface area contributed by atoms with Crippen molar-refractivity contribution in [3.63, 3.8) is 0 Å². The number of nitriles is 1. The van der Waals surface area contributed by atoms with Crippen LogP contribution in [0.5, 0.6) is 0 Å². The van der Waals surface area contributed by atoms with E-state index in [0.29, 0.717) is 19.5 Å². The summed E-state index contributed by atoms with van der Waals surface area (Å²) in [7, 11) is 0. The minimum Gasteiger partial charge on any atom is -0.354 e. The standard InChI is InChI=1S/C9H12N4O3/c10-2-4-12-8(15)9(16)13-5-1-3-11-7(14)6-13/h1,3-6H2,(H,11,14)(H,12,15). The fraction of sp³-hybridized carbons (Fsp3) is 0.556. The molecule has 1 rings (SSSR count). The molecule has 0 spiro atoms. The van der Waals surface area contributed by atoms with E-state index in [1.165, 1.54) is 4.90 Å². The number of nitrogens with zero attached hydrogens (tertiary/aromatic N) is 2. The Bertz CT molecular complexity index is 347. The second kappa shape index (κ2) is 5.70. The van der Waals surface area contributed by atoms with E-state index in [4.69, 9.17) is 5.26 Å². The van der Waals surface area contributed by atoms with Gasteiger partial charge in [-0.1, -0.05) is 0 Å². The van der Waals surface area contributed by atoms with Crippen LogP contribution >= 0.6 is 0 Å². The van der Waals surface area contributed by atoms with E-state index >= 15 is 0 Å². The van der Waals surface area contributed by atoms with Crippen LogP contribution in [0.1, 0.15) is 6.42 Å². The van der Waals surface area contributed by atoms with E-state index in [-0.39, 0.29) is 19.0 Å². The van der Waals surface area contributed by atoms with Crippen LogP contribution in [0, 0.1) is 11.3 Å². The highest BCUT2D eigenvalue weighted by atomic mass is 16.2. The number of nitrogens with one attached hydrogen (secondary N) is 2. The molecular weight excluding hydrogens is 212 g/mol. The number of hydrogen-bond acceptors (Lipinski definition) is 4. The van der Waals surface area contributed by atoms with Crippen molar-refractivity contribution in [1.82, 2.24) is 15.5 Å². The summed E-state index contributed by atoms with van der Waals surface area (Å²) in [6.07, 6.45) is 0.614. The summed E-state index contributed by atoms with van der Waals surface area (Å²) in [5.41, 5.74) is 0. The Morgan fingerprint density at radius 1 is 1.56 bits per heavy atom. The lowest BCUT2D eigenvalue weighted by Gasteiger charge is -2.17. The summed E-state index contributed by atoms with van der Waals surface area (Å²) >= 11 is 0. The van der Waals surface area contributed by atoms with Crippen molar-refractivity contribution in [2.24, 2.45) is 0 Å². The van der Waals surface area contributed by atoms with Crippen molar-refractivity contribution in [2.75, 3.05) is 26.2 Å². The van der Waals surface area contributed by atoms with Gasteiger partial charge in [-0.2, -0.15) is 5.26 Å². The predicted molar refractivity (Wildman–Crippen MR) is 52.8 cm³/mol. The highest BCUT2D eigenvalue weighted by molar-refractivity contribution is 6.35. The SMILES string of the molecule is N#CCNC(=O)C(=O)N1CCCNC(=O)C1. The highest BCUT2D eigenvalue weighted by Gasteiger charge is 2.24. The molecule has 0 saturated carbocycles. The first kappa shape index (κ1) is 12.0. The Labute approximate surface area is 92.4 Å². The molecule has 0 aliphatic carbocycles. The summed E-state index contributed by atoms with van der Waals surface area (Å²) in [6.45, 7) is 0.531. The van der Waals surface area contributed by atoms with Crippen molar-refractivity contribution in [2.45, 2.75) is 6.42 Å². The number of carbonyl (C=O) groups is 3. The van der Waals surface area contributed by atoms with E-state index in [2.05, 4.69) is 10.6 Å². The minimum absolute atomic E-state index is 0.112. The van der Waals surface area contributed by atoms with Crippen LogP contribution in [0.4, 0.5) is 0 Å². The molecule has 0 aromatic carbocycles. The summed E-state index contributed by atoms with van der Waals surface area (Å²) in [4.78, 5) is 35.1. The molecule has 1 aliphatic rings. The molecule has 0 radical (unpaired) electrons. The van der Waals surface area contributed by atoms with E-state index in [0.717, 1.165) is 0 Å². The lowest BCUT2D eigenvalue weighted by Crippen LogP contribution is -2.45. The Morgan fingerprint density at radius 2 is 2.31 bits per heavy atom. The number of carbonyl (C=O) groups excluding carboxylic acids is 3. The van der Waals surface area contributed by atoms with Crippen molar-refractivity contribution >= 4 is 17.7 Å².